The highest BCUT2D eigenvalue weighted by Crippen LogP contribution is 2.17. The summed E-state index contributed by atoms with van der Waals surface area (Å²) in [4.78, 5) is 4.54. The highest BCUT2D eigenvalue weighted by Gasteiger charge is 1.97. The Morgan fingerprint density at radius 2 is 1.65 bits per heavy atom. The van der Waals surface area contributed by atoms with Crippen molar-refractivity contribution in [3.05, 3.63) is 84.2 Å². The summed E-state index contributed by atoms with van der Waals surface area (Å²) in [5, 5.41) is 0. The van der Waals surface area contributed by atoms with Gasteiger partial charge in [-0.15, -0.1) is 0 Å². The second-order valence-electron chi connectivity index (χ2n) is 4.73. The van der Waals surface area contributed by atoms with Crippen molar-refractivity contribution in [2.24, 2.45) is 4.99 Å². The SMILES string of the molecule is Cc1ccccc1N=Cc1ccn(-c2ccccc2)c1. The van der Waals surface area contributed by atoms with Crippen LogP contribution in [0.5, 0.6) is 0 Å². The summed E-state index contributed by atoms with van der Waals surface area (Å²) in [7, 11) is 0. The van der Waals surface area contributed by atoms with Gasteiger partial charge in [0.15, 0.2) is 0 Å². The van der Waals surface area contributed by atoms with Gasteiger partial charge in [-0.05, 0) is 36.8 Å². The van der Waals surface area contributed by atoms with Gasteiger partial charge >= 0.3 is 0 Å². The van der Waals surface area contributed by atoms with Gasteiger partial charge in [-0.1, -0.05) is 36.4 Å². The number of benzene rings is 2. The number of rotatable bonds is 3. The summed E-state index contributed by atoms with van der Waals surface area (Å²) in [6.07, 6.45) is 6.04. The molecule has 0 atom stereocenters. The Morgan fingerprint density at radius 3 is 2.45 bits per heavy atom. The smallest absolute Gasteiger partial charge is 0.0659 e. The van der Waals surface area contributed by atoms with Crippen LogP contribution in [0.4, 0.5) is 5.69 Å². The standard InChI is InChI=1S/C18H16N2/c1-15-7-5-6-10-18(15)19-13-16-11-12-20(14-16)17-8-3-2-4-9-17/h2-14H,1H3. The fourth-order valence-corrected chi connectivity index (χ4v) is 2.10. The molecule has 1 heterocycles. The molecule has 0 amide bonds. The molecular formula is C18H16N2. The van der Waals surface area contributed by atoms with Gasteiger partial charge in [0.1, 0.15) is 0 Å². The molecule has 0 aliphatic heterocycles. The van der Waals surface area contributed by atoms with Crippen LogP contribution in [0.25, 0.3) is 5.69 Å². The van der Waals surface area contributed by atoms with Gasteiger partial charge in [-0.2, -0.15) is 0 Å². The molecule has 3 aromatic rings. The van der Waals surface area contributed by atoms with Crippen molar-refractivity contribution in [1.82, 2.24) is 4.57 Å². The molecule has 1 aromatic heterocycles. The lowest BCUT2D eigenvalue weighted by Gasteiger charge is -2.00. The molecule has 2 heteroatoms. The fraction of sp³-hybridized carbons (Fsp3) is 0.0556. The van der Waals surface area contributed by atoms with Gasteiger partial charge in [0.05, 0.1) is 5.69 Å². The second-order valence-corrected chi connectivity index (χ2v) is 4.73. The summed E-state index contributed by atoms with van der Waals surface area (Å²) in [5.74, 6) is 0. The van der Waals surface area contributed by atoms with Crippen LogP contribution < -0.4 is 0 Å². The van der Waals surface area contributed by atoms with Gasteiger partial charge in [0.25, 0.3) is 0 Å². The van der Waals surface area contributed by atoms with E-state index in [4.69, 9.17) is 0 Å². The van der Waals surface area contributed by atoms with Crippen LogP contribution >= 0.6 is 0 Å². The monoisotopic (exact) mass is 260 g/mol. The molecule has 0 bridgehead atoms. The normalized spacial score (nSPS) is 11.1. The minimum absolute atomic E-state index is 1.01. The number of para-hydroxylation sites is 2. The molecule has 0 spiro atoms. The van der Waals surface area contributed by atoms with Crippen molar-refractivity contribution in [1.29, 1.82) is 0 Å². The van der Waals surface area contributed by atoms with Crippen LogP contribution in [-0.4, -0.2) is 10.8 Å². The largest absolute Gasteiger partial charge is 0.323 e. The van der Waals surface area contributed by atoms with Crippen molar-refractivity contribution in [2.45, 2.75) is 6.92 Å². The molecule has 0 N–H and O–H groups in total. The maximum Gasteiger partial charge on any atom is 0.0659 e. The van der Waals surface area contributed by atoms with Gasteiger partial charge in [0, 0.05) is 29.9 Å². The first-order chi connectivity index (χ1) is 9.83. The topological polar surface area (TPSA) is 17.3 Å². The average Bonchev–Trinajstić information content (AvgIpc) is 2.96. The van der Waals surface area contributed by atoms with Gasteiger partial charge in [-0.3, -0.25) is 4.99 Å². The van der Waals surface area contributed by atoms with Crippen LogP contribution in [0.1, 0.15) is 11.1 Å². The Balaban J connectivity index is 1.83. The molecule has 20 heavy (non-hydrogen) atoms. The molecule has 0 fully saturated rings. The van der Waals surface area contributed by atoms with E-state index in [1.54, 1.807) is 0 Å². The molecule has 0 saturated heterocycles. The van der Waals surface area contributed by atoms with E-state index in [-0.39, 0.29) is 0 Å². The third-order valence-electron chi connectivity index (χ3n) is 3.24. The first kappa shape index (κ1) is 12.4. The first-order valence-electron chi connectivity index (χ1n) is 6.66. The molecular weight excluding hydrogens is 244 g/mol. The van der Waals surface area contributed by atoms with E-state index in [2.05, 4.69) is 53.1 Å². The van der Waals surface area contributed by atoms with Crippen LogP contribution in [0.15, 0.2) is 78.0 Å². The van der Waals surface area contributed by atoms with Gasteiger partial charge in [-0.25, -0.2) is 0 Å². The Bertz CT molecular complexity index is 724. The van der Waals surface area contributed by atoms with Gasteiger partial charge in [0.2, 0.25) is 0 Å². The Hall–Kier alpha value is -2.61. The lowest BCUT2D eigenvalue weighted by molar-refractivity contribution is 1.08. The molecule has 0 aliphatic rings. The molecule has 2 aromatic carbocycles. The third kappa shape index (κ3) is 2.69. The fourth-order valence-electron chi connectivity index (χ4n) is 2.10. The maximum atomic E-state index is 4.54. The predicted molar refractivity (Wildman–Crippen MR) is 84.2 cm³/mol. The van der Waals surface area contributed by atoms with Crippen molar-refractivity contribution in [2.75, 3.05) is 0 Å². The number of hydrogen-bond donors (Lipinski definition) is 0. The van der Waals surface area contributed by atoms with E-state index < -0.39 is 0 Å². The lowest BCUT2D eigenvalue weighted by atomic mass is 10.2. The maximum absolute atomic E-state index is 4.54. The van der Waals surface area contributed by atoms with Crippen molar-refractivity contribution < 1.29 is 0 Å². The number of aliphatic imine (C=N–C) groups is 1. The summed E-state index contributed by atoms with van der Waals surface area (Å²) in [6.45, 7) is 2.07. The summed E-state index contributed by atoms with van der Waals surface area (Å²) in [6, 6.07) is 20.5. The van der Waals surface area contributed by atoms with E-state index in [1.807, 2.05) is 42.6 Å². The zero-order valence-corrected chi connectivity index (χ0v) is 11.4. The third-order valence-corrected chi connectivity index (χ3v) is 3.24. The van der Waals surface area contributed by atoms with E-state index in [0.717, 1.165) is 16.9 Å². The number of aryl methyl sites for hydroxylation is 1. The molecule has 0 radical (unpaired) electrons. The zero-order valence-electron chi connectivity index (χ0n) is 11.4. The Kier molecular flexibility index (Phi) is 3.46. The van der Waals surface area contributed by atoms with Crippen LogP contribution in [-0.2, 0) is 0 Å². The van der Waals surface area contributed by atoms with Crippen LogP contribution in [0.2, 0.25) is 0 Å². The molecule has 0 unspecified atom stereocenters. The second kappa shape index (κ2) is 5.57. The number of aromatic nitrogens is 1. The lowest BCUT2D eigenvalue weighted by Crippen LogP contribution is -1.88. The molecule has 0 aliphatic carbocycles. The highest BCUT2D eigenvalue weighted by molar-refractivity contribution is 5.82. The Morgan fingerprint density at radius 1 is 0.900 bits per heavy atom. The minimum atomic E-state index is 1.01. The Labute approximate surface area is 119 Å². The summed E-state index contributed by atoms with van der Waals surface area (Å²) >= 11 is 0. The zero-order chi connectivity index (χ0) is 13.8. The molecule has 0 saturated carbocycles. The van der Waals surface area contributed by atoms with Crippen molar-refractivity contribution in [3.63, 3.8) is 0 Å². The van der Waals surface area contributed by atoms with Crippen molar-refractivity contribution >= 4 is 11.9 Å². The summed E-state index contributed by atoms with van der Waals surface area (Å²) < 4.78 is 2.10. The first-order valence-corrected chi connectivity index (χ1v) is 6.66. The highest BCUT2D eigenvalue weighted by atomic mass is 14.9. The van der Waals surface area contributed by atoms with Crippen LogP contribution in [0.3, 0.4) is 0 Å². The predicted octanol–water partition coefficient (Wildman–Crippen LogP) is 4.54. The van der Waals surface area contributed by atoms with E-state index in [1.165, 1.54) is 5.56 Å². The molecule has 3 rings (SSSR count). The van der Waals surface area contributed by atoms with E-state index >= 15 is 0 Å². The average molecular weight is 260 g/mol. The van der Waals surface area contributed by atoms with E-state index in [9.17, 15) is 0 Å². The number of nitrogens with zero attached hydrogens (tertiary/aromatic N) is 2. The number of hydrogen-bond acceptors (Lipinski definition) is 1. The molecule has 98 valence electrons. The summed E-state index contributed by atoms with van der Waals surface area (Å²) in [5.41, 5.74) is 4.45. The van der Waals surface area contributed by atoms with Crippen molar-refractivity contribution in [3.8, 4) is 5.69 Å². The van der Waals surface area contributed by atoms with E-state index in [0.29, 0.717) is 0 Å². The van der Waals surface area contributed by atoms with Crippen LogP contribution in [0, 0.1) is 6.92 Å². The molecule has 2 nitrogen and oxygen atoms in total. The quantitative estimate of drug-likeness (QED) is 0.615. The van der Waals surface area contributed by atoms with Gasteiger partial charge < -0.3 is 4.57 Å². The minimum Gasteiger partial charge on any atom is -0.323 e.